The Hall–Kier alpha value is -2.70. The first-order chi connectivity index (χ1) is 13.3. The minimum absolute atomic E-state index is 0.696. The van der Waals surface area contributed by atoms with Crippen LogP contribution < -0.4 is 10.1 Å². The summed E-state index contributed by atoms with van der Waals surface area (Å²) in [5.74, 6) is 2.58. The molecule has 0 saturated carbocycles. The highest BCUT2D eigenvalue weighted by molar-refractivity contribution is 5.88. The predicted molar refractivity (Wildman–Crippen MR) is 106 cm³/mol. The zero-order valence-corrected chi connectivity index (χ0v) is 15.5. The van der Waals surface area contributed by atoms with Crippen LogP contribution in [0.5, 0.6) is 5.75 Å². The summed E-state index contributed by atoms with van der Waals surface area (Å²) in [6, 6.07) is 16.2. The second kappa shape index (κ2) is 8.33. The predicted octanol–water partition coefficient (Wildman–Crippen LogP) is 3.08. The third-order valence-corrected chi connectivity index (χ3v) is 4.74. The fourth-order valence-corrected chi connectivity index (χ4v) is 3.22. The van der Waals surface area contributed by atoms with Crippen molar-refractivity contribution in [1.82, 2.24) is 14.9 Å². The molecule has 1 aliphatic rings. The first-order valence-corrected chi connectivity index (χ1v) is 9.24. The Balaban J connectivity index is 1.55. The van der Waals surface area contributed by atoms with Gasteiger partial charge in [-0.2, -0.15) is 0 Å². The van der Waals surface area contributed by atoms with Crippen LogP contribution in [-0.2, 0) is 17.8 Å². The number of aromatic nitrogens is 2. The average Bonchev–Trinajstić information content (AvgIpc) is 2.73. The lowest BCUT2D eigenvalue weighted by Crippen LogP contribution is -2.36. The van der Waals surface area contributed by atoms with Crippen LogP contribution >= 0.6 is 0 Å². The molecule has 1 aliphatic heterocycles. The number of methoxy groups -OCH3 is 1. The van der Waals surface area contributed by atoms with Gasteiger partial charge in [-0.1, -0.05) is 24.3 Å². The van der Waals surface area contributed by atoms with Gasteiger partial charge in [0.2, 0.25) is 0 Å². The second-order valence-electron chi connectivity index (χ2n) is 6.60. The molecule has 1 fully saturated rings. The van der Waals surface area contributed by atoms with Gasteiger partial charge < -0.3 is 14.8 Å². The summed E-state index contributed by atoms with van der Waals surface area (Å²) in [4.78, 5) is 11.9. The summed E-state index contributed by atoms with van der Waals surface area (Å²) in [6.07, 6.45) is 0. The lowest BCUT2D eigenvalue weighted by atomic mass is 10.2. The quantitative estimate of drug-likeness (QED) is 0.725. The lowest BCUT2D eigenvalue weighted by Gasteiger charge is -2.26. The molecule has 3 aromatic rings. The van der Waals surface area contributed by atoms with E-state index in [0.717, 1.165) is 61.1 Å². The minimum atomic E-state index is 0.696. The number of hydrogen-bond donors (Lipinski definition) is 1. The lowest BCUT2D eigenvalue weighted by molar-refractivity contribution is 0.0331. The van der Waals surface area contributed by atoms with Crippen LogP contribution in [0.15, 0.2) is 48.5 Å². The van der Waals surface area contributed by atoms with Gasteiger partial charge in [0, 0.05) is 25.0 Å². The van der Waals surface area contributed by atoms with Gasteiger partial charge in [-0.25, -0.2) is 9.97 Å². The van der Waals surface area contributed by atoms with Crippen molar-refractivity contribution in [1.29, 1.82) is 0 Å². The third kappa shape index (κ3) is 4.35. The molecule has 0 aliphatic carbocycles. The van der Waals surface area contributed by atoms with Crippen molar-refractivity contribution in [3.63, 3.8) is 0 Å². The van der Waals surface area contributed by atoms with E-state index < -0.39 is 0 Å². The standard InChI is InChI=1S/C21H24N4O2/c1-26-17-8-6-16(7-9-17)14-22-21-18-4-2-3-5-19(18)23-20(24-21)15-25-10-12-27-13-11-25/h2-9H,10-15H2,1H3,(H,22,23,24). The van der Waals surface area contributed by atoms with Crippen LogP contribution in [0.2, 0.25) is 0 Å². The van der Waals surface area contributed by atoms with E-state index in [-0.39, 0.29) is 0 Å². The highest BCUT2D eigenvalue weighted by Gasteiger charge is 2.14. The number of fused-ring (bicyclic) bond motifs is 1. The van der Waals surface area contributed by atoms with Crippen LogP contribution in [-0.4, -0.2) is 48.3 Å². The molecule has 0 spiro atoms. The molecule has 2 heterocycles. The van der Waals surface area contributed by atoms with E-state index >= 15 is 0 Å². The van der Waals surface area contributed by atoms with Crippen LogP contribution in [0.3, 0.4) is 0 Å². The van der Waals surface area contributed by atoms with Crippen LogP contribution in [0.1, 0.15) is 11.4 Å². The molecule has 0 unspecified atom stereocenters. The zero-order valence-electron chi connectivity index (χ0n) is 15.5. The second-order valence-corrected chi connectivity index (χ2v) is 6.60. The van der Waals surface area contributed by atoms with Crippen molar-refractivity contribution in [2.45, 2.75) is 13.1 Å². The number of nitrogens with one attached hydrogen (secondary N) is 1. The largest absolute Gasteiger partial charge is 0.497 e. The summed E-state index contributed by atoms with van der Waals surface area (Å²) in [5, 5.41) is 4.52. The van der Waals surface area contributed by atoms with Crippen molar-refractivity contribution < 1.29 is 9.47 Å². The van der Waals surface area contributed by atoms with Crippen molar-refractivity contribution in [3.8, 4) is 5.75 Å². The van der Waals surface area contributed by atoms with E-state index in [1.54, 1.807) is 7.11 Å². The molecule has 1 N–H and O–H groups in total. The molecule has 27 heavy (non-hydrogen) atoms. The Bertz CT molecular complexity index is 892. The van der Waals surface area contributed by atoms with E-state index in [1.165, 1.54) is 5.56 Å². The molecule has 1 aromatic heterocycles. The third-order valence-electron chi connectivity index (χ3n) is 4.74. The molecule has 6 heteroatoms. The van der Waals surface area contributed by atoms with Crippen molar-refractivity contribution in [3.05, 3.63) is 59.9 Å². The molecular formula is C21H24N4O2. The summed E-state index contributed by atoms with van der Waals surface area (Å²) < 4.78 is 10.7. The fraction of sp³-hybridized carbons (Fsp3) is 0.333. The minimum Gasteiger partial charge on any atom is -0.497 e. The molecule has 4 rings (SSSR count). The van der Waals surface area contributed by atoms with Gasteiger partial charge in [0.15, 0.2) is 0 Å². The number of benzene rings is 2. The van der Waals surface area contributed by atoms with Gasteiger partial charge in [-0.3, -0.25) is 4.90 Å². The number of rotatable bonds is 6. The fourth-order valence-electron chi connectivity index (χ4n) is 3.22. The van der Waals surface area contributed by atoms with Crippen LogP contribution in [0.25, 0.3) is 10.9 Å². The van der Waals surface area contributed by atoms with E-state index in [1.807, 2.05) is 30.3 Å². The molecule has 0 amide bonds. The van der Waals surface area contributed by atoms with Gasteiger partial charge in [0.25, 0.3) is 0 Å². The molecule has 0 bridgehead atoms. The van der Waals surface area contributed by atoms with E-state index in [4.69, 9.17) is 19.4 Å². The number of ether oxygens (including phenoxy) is 2. The summed E-state index contributed by atoms with van der Waals surface area (Å²) in [7, 11) is 1.68. The highest BCUT2D eigenvalue weighted by atomic mass is 16.5. The van der Waals surface area contributed by atoms with E-state index in [9.17, 15) is 0 Å². The molecule has 140 valence electrons. The maximum atomic E-state index is 5.43. The number of morpholine rings is 1. The zero-order chi connectivity index (χ0) is 18.5. The average molecular weight is 364 g/mol. The van der Waals surface area contributed by atoms with Crippen molar-refractivity contribution >= 4 is 16.7 Å². The van der Waals surface area contributed by atoms with Gasteiger partial charge >= 0.3 is 0 Å². The molecule has 6 nitrogen and oxygen atoms in total. The Morgan fingerprint density at radius 2 is 1.81 bits per heavy atom. The Morgan fingerprint density at radius 1 is 1.04 bits per heavy atom. The first-order valence-electron chi connectivity index (χ1n) is 9.24. The number of hydrogen-bond acceptors (Lipinski definition) is 6. The Morgan fingerprint density at radius 3 is 2.59 bits per heavy atom. The van der Waals surface area contributed by atoms with Crippen molar-refractivity contribution in [2.75, 3.05) is 38.7 Å². The first kappa shape index (κ1) is 17.7. The van der Waals surface area contributed by atoms with Gasteiger partial charge in [0.05, 0.1) is 32.4 Å². The van der Waals surface area contributed by atoms with Crippen molar-refractivity contribution in [2.24, 2.45) is 0 Å². The van der Waals surface area contributed by atoms with Gasteiger partial charge in [0.1, 0.15) is 17.4 Å². The number of anilines is 1. The van der Waals surface area contributed by atoms with Gasteiger partial charge in [-0.05, 0) is 29.8 Å². The smallest absolute Gasteiger partial charge is 0.145 e. The van der Waals surface area contributed by atoms with Crippen LogP contribution in [0, 0.1) is 0 Å². The molecule has 2 aromatic carbocycles. The normalized spacial score (nSPS) is 15.0. The molecule has 0 atom stereocenters. The van der Waals surface area contributed by atoms with E-state index in [0.29, 0.717) is 6.54 Å². The van der Waals surface area contributed by atoms with Gasteiger partial charge in [-0.15, -0.1) is 0 Å². The summed E-state index contributed by atoms with van der Waals surface area (Å²) in [5.41, 5.74) is 2.14. The summed E-state index contributed by atoms with van der Waals surface area (Å²) in [6.45, 7) is 4.83. The monoisotopic (exact) mass is 364 g/mol. The Kier molecular flexibility index (Phi) is 5.46. The van der Waals surface area contributed by atoms with Crippen LogP contribution in [0.4, 0.5) is 5.82 Å². The Labute approximate surface area is 159 Å². The highest BCUT2D eigenvalue weighted by Crippen LogP contribution is 2.22. The number of nitrogens with zero attached hydrogens (tertiary/aromatic N) is 3. The molecule has 0 radical (unpaired) electrons. The topological polar surface area (TPSA) is 59.5 Å². The summed E-state index contributed by atoms with van der Waals surface area (Å²) >= 11 is 0. The molecular weight excluding hydrogens is 340 g/mol. The maximum Gasteiger partial charge on any atom is 0.145 e. The SMILES string of the molecule is COc1ccc(CNc2nc(CN3CCOCC3)nc3ccccc23)cc1. The maximum absolute atomic E-state index is 5.43. The van der Waals surface area contributed by atoms with E-state index in [2.05, 4.69) is 28.4 Å². The number of para-hydroxylation sites is 1. The molecule has 1 saturated heterocycles.